The van der Waals surface area contributed by atoms with Crippen molar-refractivity contribution in [3.05, 3.63) is 0 Å². The Kier molecular flexibility index (Phi) is 4.12. The van der Waals surface area contributed by atoms with Gasteiger partial charge < -0.3 is 10.6 Å². The van der Waals surface area contributed by atoms with Crippen molar-refractivity contribution < 1.29 is 0 Å². The Labute approximate surface area is 103 Å². The lowest BCUT2D eigenvalue weighted by atomic mass is 10.0. The van der Waals surface area contributed by atoms with Crippen LogP contribution in [-0.4, -0.2) is 37.3 Å². The van der Waals surface area contributed by atoms with Crippen molar-refractivity contribution in [2.75, 3.05) is 13.1 Å². The first-order valence-corrected chi connectivity index (χ1v) is 6.49. The first kappa shape index (κ1) is 12.1. The predicted molar refractivity (Wildman–Crippen MR) is 71.8 cm³/mol. The molecule has 0 radical (unpaired) electrons. The molecule has 0 aliphatic carbocycles. The molecule has 2 aliphatic heterocycles. The smallest absolute Gasteiger partial charge is 0.198 e. The maximum absolute atomic E-state index is 4.61. The van der Waals surface area contributed by atoms with Crippen LogP contribution < -0.4 is 10.6 Å². The molecule has 1 fully saturated rings. The van der Waals surface area contributed by atoms with Gasteiger partial charge in [0.15, 0.2) is 5.96 Å². The van der Waals surface area contributed by atoms with Crippen molar-refractivity contribution in [3.63, 3.8) is 0 Å². The van der Waals surface area contributed by atoms with Gasteiger partial charge in [0.2, 0.25) is 0 Å². The Bertz CT molecular complexity index is 345. The van der Waals surface area contributed by atoms with Crippen LogP contribution in [0, 0.1) is 5.92 Å². The van der Waals surface area contributed by atoms with Crippen molar-refractivity contribution in [3.8, 4) is 0 Å². The van der Waals surface area contributed by atoms with E-state index in [-0.39, 0.29) is 6.17 Å². The molecule has 2 atom stereocenters. The highest BCUT2D eigenvalue weighted by Crippen LogP contribution is 2.19. The molecule has 0 amide bonds. The van der Waals surface area contributed by atoms with Gasteiger partial charge in [-0.25, -0.2) is 0 Å². The number of nitrogens with one attached hydrogen (secondary N) is 2. The van der Waals surface area contributed by atoms with E-state index in [1.165, 1.54) is 0 Å². The van der Waals surface area contributed by atoms with Crippen molar-refractivity contribution in [2.24, 2.45) is 20.9 Å². The van der Waals surface area contributed by atoms with Crippen LogP contribution in [0.15, 0.2) is 15.0 Å². The summed E-state index contributed by atoms with van der Waals surface area (Å²) in [5.74, 6) is 2.23. The highest BCUT2D eigenvalue weighted by atomic mass is 15.3. The Balaban J connectivity index is 2.09. The fraction of sp³-hybridized carbons (Fsp3) is 0.750. The third-order valence-corrected chi connectivity index (χ3v) is 2.89. The van der Waals surface area contributed by atoms with E-state index in [1.54, 1.807) is 0 Å². The summed E-state index contributed by atoms with van der Waals surface area (Å²) in [6.45, 7) is 5.96. The standard InChI is InChI=1S/C12H21N5/c1-3-6-13-10-9-5-8-14-11(9)17-12(16-10)15-7-4-2/h8-9,11H,3-7H2,1-2H3,(H2,13,15,16,17). The van der Waals surface area contributed by atoms with E-state index >= 15 is 0 Å². The molecule has 0 saturated carbocycles. The van der Waals surface area contributed by atoms with Gasteiger partial charge in [0.25, 0.3) is 0 Å². The molecular formula is C12H21N5. The van der Waals surface area contributed by atoms with E-state index in [0.717, 1.165) is 44.1 Å². The van der Waals surface area contributed by atoms with Gasteiger partial charge in [0.1, 0.15) is 12.0 Å². The van der Waals surface area contributed by atoms with Gasteiger partial charge in [-0.15, -0.1) is 0 Å². The molecule has 5 heteroatoms. The number of amidine groups is 1. The molecular weight excluding hydrogens is 214 g/mol. The largest absolute Gasteiger partial charge is 0.334 e. The van der Waals surface area contributed by atoms with Crippen LogP contribution in [0.2, 0.25) is 0 Å². The molecule has 2 N–H and O–H groups in total. The van der Waals surface area contributed by atoms with Crippen LogP contribution >= 0.6 is 0 Å². The van der Waals surface area contributed by atoms with E-state index in [0.29, 0.717) is 5.92 Å². The zero-order chi connectivity index (χ0) is 12.1. The van der Waals surface area contributed by atoms with Crippen LogP contribution in [0.3, 0.4) is 0 Å². The van der Waals surface area contributed by atoms with Gasteiger partial charge in [-0.1, -0.05) is 13.8 Å². The third-order valence-electron chi connectivity index (χ3n) is 2.89. The maximum atomic E-state index is 4.61. The Morgan fingerprint density at radius 2 is 2.06 bits per heavy atom. The number of nitrogens with zero attached hydrogens (tertiary/aromatic N) is 3. The van der Waals surface area contributed by atoms with Crippen LogP contribution in [0.5, 0.6) is 0 Å². The monoisotopic (exact) mass is 235 g/mol. The van der Waals surface area contributed by atoms with Gasteiger partial charge in [-0.3, -0.25) is 15.0 Å². The third kappa shape index (κ3) is 2.84. The van der Waals surface area contributed by atoms with E-state index in [9.17, 15) is 0 Å². The van der Waals surface area contributed by atoms with Crippen LogP contribution in [-0.2, 0) is 0 Å². The summed E-state index contributed by atoms with van der Waals surface area (Å²) in [6, 6.07) is 0. The molecule has 2 aliphatic rings. The summed E-state index contributed by atoms with van der Waals surface area (Å²) >= 11 is 0. The summed E-state index contributed by atoms with van der Waals surface area (Å²) < 4.78 is 0. The molecule has 0 aromatic heterocycles. The summed E-state index contributed by atoms with van der Waals surface area (Å²) in [4.78, 5) is 13.5. The minimum absolute atomic E-state index is 0.127. The predicted octanol–water partition coefficient (Wildman–Crippen LogP) is 1.17. The highest BCUT2D eigenvalue weighted by Gasteiger charge is 2.34. The van der Waals surface area contributed by atoms with E-state index in [2.05, 4.69) is 39.5 Å². The van der Waals surface area contributed by atoms with E-state index in [1.807, 2.05) is 6.21 Å². The van der Waals surface area contributed by atoms with Crippen LogP contribution in [0.25, 0.3) is 0 Å². The summed E-state index contributed by atoms with van der Waals surface area (Å²) in [5.41, 5.74) is 0. The van der Waals surface area contributed by atoms with E-state index in [4.69, 9.17) is 0 Å². The molecule has 0 aromatic rings. The number of hydrogen-bond acceptors (Lipinski definition) is 3. The van der Waals surface area contributed by atoms with Crippen LogP contribution in [0.4, 0.5) is 0 Å². The lowest BCUT2D eigenvalue weighted by Crippen LogP contribution is -2.57. The Morgan fingerprint density at radius 1 is 1.29 bits per heavy atom. The lowest BCUT2D eigenvalue weighted by Gasteiger charge is -2.30. The first-order valence-electron chi connectivity index (χ1n) is 6.49. The SMILES string of the molecule is CCCN=C1NC(=NCCC)C2CC=NC2N1. The topological polar surface area (TPSA) is 61.1 Å². The number of fused-ring (bicyclic) bond motifs is 1. The quantitative estimate of drug-likeness (QED) is 0.768. The Morgan fingerprint density at radius 3 is 2.82 bits per heavy atom. The molecule has 5 nitrogen and oxygen atoms in total. The van der Waals surface area contributed by atoms with Crippen molar-refractivity contribution >= 4 is 18.0 Å². The van der Waals surface area contributed by atoms with Crippen LogP contribution in [0.1, 0.15) is 33.1 Å². The van der Waals surface area contributed by atoms with Crippen molar-refractivity contribution in [1.82, 2.24) is 10.6 Å². The minimum Gasteiger partial charge on any atom is -0.334 e. The van der Waals surface area contributed by atoms with Gasteiger partial charge in [-0.05, 0) is 19.3 Å². The fourth-order valence-corrected chi connectivity index (χ4v) is 2.01. The number of rotatable bonds is 4. The molecule has 0 bridgehead atoms. The molecule has 1 saturated heterocycles. The van der Waals surface area contributed by atoms with Gasteiger partial charge in [0, 0.05) is 19.3 Å². The summed E-state index contributed by atoms with van der Waals surface area (Å²) in [5, 5.41) is 6.62. The molecule has 2 rings (SSSR count). The molecule has 94 valence electrons. The van der Waals surface area contributed by atoms with Gasteiger partial charge in [0.05, 0.1) is 5.92 Å². The summed E-state index contributed by atoms with van der Waals surface area (Å²) in [6.07, 6.45) is 5.19. The second-order valence-electron chi connectivity index (χ2n) is 4.39. The second-order valence-corrected chi connectivity index (χ2v) is 4.39. The molecule has 2 heterocycles. The number of aliphatic imine (C=N–C) groups is 3. The first-order chi connectivity index (χ1) is 8.35. The molecule has 0 spiro atoms. The minimum atomic E-state index is 0.127. The second kappa shape index (κ2) is 5.80. The van der Waals surface area contributed by atoms with Gasteiger partial charge in [-0.2, -0.15) is 0 Å². The molecule has 0 aromatic carbocycles. The normalized spacial score (nSPS) is 31.4. The molecule has 2 unspecified atom stereocenters. The molecule has 17 heavy (non-hydrogen) atoms. The lowest BCUT2D eigenvalue weighted by molar-refractivity contribution is 0.515. The zero-order valence-electron chi connectivity index (χ0n) is 10.6. The zero-order valence-corrected chi connectivity index (χ0v) is 10.6. The van der Waals surface area contributed by atoms with E-state index < -0.39 is 0 Å². The van der Waals surface area contributed by atoms with Crippen molar-refractivity contribution in [2.45, 2.75) is 39.3 Å². The number of hydrogen-bond donors (Lipinski definition) is 2. The summed E-state index contributed by atoms with van der Waals surface area (Å²) in [7, 11) is 0. The number of guanidine groups is 1. The Hall–Kier alpha value is -1.39. The fourth-order valence-electron chi connectivity index (χ4n) is 2.01. The highest BCUT2D eigenvalue weighted by molar-refractivity contribution is 6.05. The van der Waals surface area contributed by atoms with Gasteiger partial charge >= 0.3 is 0 Å². The average Bonchev–Trinajstić information content (AvgIpc) is 2.81. The average molecular weight is 235 g/mol. The maximum Gasteiger partial charge on any atom is 0.198 e. The van der Waals surface area contributed by atoms with Crippen molar-refractivity contribution in [1.29, 1.82) is 0 Å².